The number of nitrogens with one attached hydrogen (secondary N) is 2. The molecule has 112 valence electrons. The molecule has 2 heteroatoms. The number of fused-ring (bicyclic) bond motifs is 3. The zero-order valence-corrected chi connectivity index (χ0v) is 13.4. The molecule has 1 aromatic heterocycles. The fourth-order valence-corrected chi connectivity index (χ4v) is 5.24. The van der Waals surface area contributed by atoms with Crippen molar-refractivity contribution < 1.29 is 0 Å². The Morgan fingerprint density at radius 3 is 2.86 bits per heavy atom. The lowest BCUT2D eigenvalue weighted by Gasteiger charge is -2.43. The Balaban J connectivity index is 1.53. The minimum Gasteiger partial charge on any atom is -0.361 e. The average Bonchev–Trinajstić information content (AvgIpc) is 3.08. The van der Waals surface area contributed by atoms with E-state index in [9.17, 15) is 0 Å². The minimum absolute atomic E-state index is 0.434. The summed E-state index contributed by atoms with van der Waals surface area (Å²) in [5, 5.41) is 5.20. The summed E-state index contributed by atoms with van der Waals surface area (Å²) >= 11 is 0. The van der Waals surface area contributed by atoms with E-state index in [0.717, 1.165) is 12.5 Å². The smallest absolute Gasteiger partial charge is 0.0457 e. The number of hydrogen-bond donors (Lipinski definition) is 2. The van der Waals surface area contributed by atoms with Crippen molar-refractivity contribution in [1.82, 2.24) is 10.3 Å². The van der Waals surface area contributed by atoms with Crippen LogP contribution in [0.2, 0.25) is 0 Å². The van der Waals surface area contributed by atoms with Crippen molar-refractivity contribution in [2.45, 2.75) is 52.6 Å². The molecule has 0 amide bonds. The van der Waals surface area contributed by atoms with Crippen molar-refractivity contribution in [3.63, 3.8) is 0 Å². The van der Waals surface area contributed by atoms with Crippen molar-refractivity contribution >= 4 is 10.9 Å². The molecule has 4 rings (SSSR count). The average molecular weight is 282 g/mol. The summed E-state index contributed by atoms with van der Waals surface area (Å²) in [7, 11) is 0. The number of hydrogen-bond acceptors (Lipinski definition) is 1. The normalized spacial score (nSPS) is 33.9. The Morgan fingerprint density at radius 2 is 2.10 bits per heavy atom. The van der Waals surface area contributed by atoms with E-state index in [2.05, 4.69) is 55.3 Å². The lowest BCUT2D eigenvalue weighted by Crippen LogP contribution is -2.49. The van der Waals surface area contributed by atoms with Gasteiger partial charge in [0, 0.05) is 24.3 Å². The molecule has 2 N–H and O–H groups in total. The monoisotopic (exact) mass is 282 g/mol. The minimum atomic E-state index is 0.434. The molecule has 2 fully saturated rings. The predicted octanol–water partition coefficient (Wildman–Crippen LogP) is 4.47. The van der Waals surface area contributed by atoms with Gasteiger partial charge in [-0.25, -0.2) is 0 Å². The topological polar surface area (TPSA) is 27.8 Å². The van der Waals surface area contributed by atoms with E-state index in [1.807, 2.05) is 6.20 Å². The first kappa shape index (κ1) is 13.4. The standard InChI is InChI=1S/C19H26N2/c1-18(2)15-6-8-19(3,11-15)17(18)21-12-13-4-5-14-7-9-20-16(14)10-13/h4-5,7,9-10,15,17,20-21H,6,8,11-12H2,1-3H3. The van der Waals surface area contributed by atoms with Crippen LogP contribution >= 0.6 is 0 Å². The van der Waals surface area contributed by atoms with Crippen LogP contribution in [0.4, 0.5) is 0 Å². The maximum atomic E-state index is 3.90. The number of aromatic amines is 1. The number of H-pyrrole nitrogens is 1. The summed E-state index contributed by atoms with van der Waals surface area (Å²) in [4.78, 5) is 3.31. The second kappa shape index (κ2) is 4.36. The Hall–Kier alpha value is -1.28. The highest BCUT2D eigenvalue weighted by atomic mass is 15.0. The van der Waals surface area contributed by atoms with E-state index in [1.54, 1.807) is 0 Å². The highest BCUT2D eigenvalue weighted by Crippen LogP contribution is 2.62. The van der Waals surface area contributed by atoms with Gasteiger partial charge in [-0.15, -0.1) is 0 Å². The van der Waals surface area contributed by atoms with E-state index in [4.69, 9.17) is 0 Å². The van der Waals surface area contributed by atoms with Crippen LogP contribution in [0.5, 0.6) is 0 Å². The summed E-state index contributed by atoms with van der Waals surface area (Å²) in [6.45, 7) is 8.40. The van der Waals surface area contributed by atoms with Gasteiger partial charge in [0.05, 0.1) is 0 Å². The molecule has 0 saturated heterocycles. The zero-order chi connectivity index (χ0) is 14.7. The Kier molecular flexibility index (Phi) is 2.78. The van der Waals surface area contributed by atoms with Crippen LogP contribution in [-0.2, 0) is 6.54 Å². The first-order valence-electron chi connectivity index (χ1n) is 8.28. The van der Waals surface area contributed by atoms with Gasteiger partial charge in [-0.3, -0.25) is 0 Å². The van der Waals surface area contributed by atoms with Gasteiger partial charge in [0.1, 0.15) is 0 Å². The molecule has 2 aliphatic rings. The molecular formula is C19H26N2. The van der Waals surface area contributed by atoms with Gasteiger partial charge in [0.25, 0.3) is 0 Å². The molecule has 0 spiro atoms. The van der Waals surface area contributed by atoms with Gasteiger partial charge in [-0.1, -0.05) is 32.9 Å². The quantitative estimate of drug-likeness (QED) is 0.854. The Morgan fingerprint density at radius 1 is 1.24 bits per heavy atom. The van der Waals surface area contributed by atoms with Crippen molar-refractivity contribution in [1.29, 1.82) is 0 Å². The van der Waals surface area contributed by atoms with E-state index in [-0.39, 0.29) is 0 Å². The lowest BCUT2D eigenvalue weighted by atomic mass is 9.68. The summed E-state index contributed by atoms with van der Waals surface area (Å²) in [6, 6.07) is 9.53. The molecule has 3 atom stereocenters. The maximum Gasteiger partial charge on any atom is 0.0457 e. The van der Waals surface area contributed by atoms with E-state index in [0.29, 0.717) is 16.9 Å². The maximum absolute atomic E-state index is 3.90. The van der Waals surface area contributed by atoms with Crippen molar-refractivity contribution in [2.24, 2.45) is 16.7 Å². The molecule has 2 saturated carbocycles. The third kappa shape index (κ3) is 1.96. The second-order valence-corrected chi connectivity index (χ2v) is 8.13. The van der Waals surface area contributed by atoms with Gasteiger partial charge in [-0.2, -0.15) is 0 Å². The van der Waals surface area contributed by atoms with Gasteiger partial charge in [-0.05, 0) is 59.1 Å². The molecular weight excluding hydrogens is 256 g/mol. The highest BCUT2D eigenvalue weighted by Gasteiger charge is 2.58. The number of rotatable bonds is 3. The van der Waals surface area contributed by atoms with E-state index < -0.39 is 0 Å². The first-order valence-corrected chi connectivity index (χ1v) is 8.28. The molecule has 0 aliphatic heterocycles. The van der Waals surface area contributed by atoms with Gasteiger partial charge in [0.15, 0.2) is 0 Å². The number of aromatic nitrogens is 1. The Labute approximate surface area is 127 Å². The summed E-state index contributed by atoms with van der Waals surface area (Å²) in [6.07, 6.45) is 6.25. The fourth-order valence-electron chi connectivity index (χ4n) is 5.24. The number of benzene rings is 1. The molecule has 1 aromatic carbocycles. The van der Waals surface area contributed by atoms with Gasteiger partial charge < -0.3 is 10.3 Å². The molecule has 3 unspecified atom stereocenters. The van der Waals surface area contributed by atoms with Crippen LogP contribution in [0.15, 0.2) is 30.5 Å². The van der Waals surface area contributed by atoms with Crippen LogP contribution in [0.1, 0.15) is 45.6 Å². The zero-order valence-electron chi connectivity index (χ0n) is 13.4. The van der Waals surface area contributed by atoms with Crippen molar-refractivity contribution in [2.75, 3.05) is 0 Å². The molecule has 2 aliphatic carbocycles. The van der Waals surface area contributed by atoms with Gasteiger partial charge in [0.2, 0.25) is 0 Å². The van der Waals surface area contributed by atoms with E-state index in [1.165, 1.54) is 35.7 Å². The third-order valence-electron chi connectivity index (χ3n) is 6.40. The predicted molar refractivity (Wildman–Crippen MR) is 88.2 cm³/mol. The van der Waals surface area contributed by atoms with Crippen LogP contribution in [0.3, 0.4) is 0 Å². The molecule has 21 heavy (non-hydrogen) atoms. The molecule has 1 heterocycles. The van der Waals surface area contributed by atoms with E-state index >= 15 is 0 Å². The van der Waals surface area contributed by atoms with Crippen molar-refractivity contribution in [3.8, 4) is 0 Å². The summed E-state index contributed by atoms with van der Waals surface area (Å²) < 4.78 is 0. The Bertz CT molecular complexity index is 664. The largest absolute Gasteiger partial charge is 0.361 e. The fraction of sp³-hybridized carbons (Fsp3) is 0.579. The molecule has 2 bridgehead atoms. The third-order valence-corrected chi connectivity index (χ3v) is 6.40. The highest BCUT2D eigenvalue weighted by molar-refractivity contribution is 5.79. The lowest BCUT2D eigenvalue weighted by molar-refractivity contribution is 0.108. The molecule has 0 radical (unpaired) electrons. The van der Waals surface area contributed by atoms with Crippen LogP contribution in [0, 0.1) is 16.7 Å². The second-order valence-electron chi connectivity index (χ2n) is 8.13. The van der Waals surface area contributed by atoms with Crippen LogP contribution < -0.4 is 5.32 Å². The first-order chi connectivity index (χ1) is 9.99. The van der Waals surface area contributed by atoms with Crippen LogP contribution in [0.25, 0.3) is 10.9 Å². The summed E-state index contributed by atoms with van der Waals surface area (Å²) in [5.74, 6) is 0.908. The molecule has 2 nitrogen and oxygen atoms in total. The van der Waals surface area contributed by atoms with Gasteiger partial charge >= 0.3 is 0 Å². The van der Waals surface area contributed by atoms with Crippen LogP contribution in [-0.4, -0.2) is 11.0 Å². The molecule has 2 aromatic rings. The SMILES string of the molecule is CC12CCC(C1)C(C)(C)C2NCc1ccc2cc[nH]c2c1. The van der Waals surface area contributed by atoms with Crippen molar-refractivity contribution in [3.05, 3.63) is 36.0 Å². The summed E-state index contributed by atoms with van der Waals surface area (Å²) in [5.41, 5.74) is 3.56.